The third-order valence-corrected chi connectivity index (χ3v) is 3.12. The lowest BCUT2D eigenvalue weighted by Crippen LogP contribution is -2.15. The molecule has 2 aromatic rings. The van der Waals surface area contributed by atoms with Crippen LogP contribution in [0.15, 0.2) is 34.3 Å². The van der Waals surface area contributed by atoms with Crippen LogP contribution < -0.4 is 10.6 Å². The molecule has 94 valence electrons. The van der Waals surface area contributed by atoms with Gasteiger partial charge in [0.1, 0.15) is 0 Å². The van der Waals surface area contributed by atoms with Gasteiger partial charge in [0, 0.05) is 24.0 Å². The highest BCUT2D eigenvalue weighted by molar-refractivity contribution is 7.99. The Morgan fingerprint density at radius 2 is 2.00 bits per heavy atom. The van der Waals surface area contributed by atoms with Crippen LogP contribution in [-0.4, -0.2) is 29.0 Å². The highest BCUT2D eigenvalue weighted by Crippen LogP contribution is 2.27. The Balaban J connectivity index is 2.29. The van der Waals surface area contributed by atoms with Gasteiger partial charge in [0.2, 0.25) is 11.9 Å². The van der Waals surface area contributed by atoms with Crippen molar-refractivity contribution in [3.8, 4) is 0 Å². The van der Waals surface area contributed by atoms with E-state index in [1.54, 1.807) is 4.90 Å². The number of hydrogen-bond acceptors (Lipinski definition) is 6. The molecule has 18 heavy (non-hydrogen) atoms. The predicted octanol–water partition coefficient (Wildman–Crippen LogP) is 2.32. The molecule has 2 N–H and O–H groups in total. The minimum atomic E-state index is 0.207. The maximum Gasteiger partial charge on any atom is 0.230 e. The molecule has 0 saturated carbocycles. The van der Waals surface area contributed by atoms with Crippen LogP contribution >= 0.6 is 23.4 Å². The fraction of sp³-hybridized carbons (Fsp3) is 0.182. The average molecular weight is 282 g/mol. The molecule has 0 spiro atoms. The van der Waals surface area contributed by atoms with Gasteiger partial charge in [-0.3, -0.25) is 0 Å². The van der Waals surface area contributed by atoms with Crippen LogP contribution in [0.4, 0.5) is 11.9 Å². The second-order valence-electron chi connectivity index (χ2n) is 3.73. The van der Waals surface area contributed by atoms with Gasteiger partial charge in [0.05, 0.1) is 0 Å². The lowest BCUT2D eigenvalue weighted by Gasteiger charge is -2.11. The number of benzene rings is 1. The summed E-state index contributed by atoms with van der Waals surface area (Å²) in [6, 6.07) is 7.48. The normalized spacial score (nSPS) is 10.4. The van der Waals surface area contributed by atoms with E-state index in [4.69, 9.17) is 17.3 Å². The van der Waals surface area contributed by atoms with E-state index in [0.717, 1.165) is 4.90 Å². The van der Waals surface area contributed by atoms with Crippen LogP contribution in [0.5, 0.6) is 0 Å². The van der Waals surface area contributed by atoms with Gasteiger partial charge in [-0.25, -0.2) is 0 Å². The first-order valence-corrected chi connectivity index (χ1v) is 6.36. The lowest BCUT2D eigenvalue weighted by atomic mass is 10.4. The number of aromatic nitrogens is 3. The van der Waals surface area contributed by atoms with Crippen LogP contribution in [0.2, 0.25) is 5.02 Å². The van der Waals surface area contributed by atoms with Crippen molar-refractivity contribution in [3.63, 3.8) is 0 Å². The zero-order valence-corrected chi connectivity index (χ0v) is 11.5. The summed E-state index contributed by atoms with van der Waals surface area (Å²) in [4.78, 5) is 15.2. The summed E-state index contributed by atoms with van der Waals surface area (Å²) in [7, 11) is 3.70. The number of nitrogens with zero attached hydrogens (tertiary/aromatic N) is 4. The molecule has 0 saturated heterocycles. The van der Waals surface area contributed by atoms with E-state index in [1.165, 1.54) is 11.8 Å². The molecule has 0 fully saturated rings. The maximum atomic E-state index is 5.92. The summed E-state index contributed by atoms with van der Waals surface area (Å²) in [6.45, 7) is 0. The van der Waals surface area contributed by atoms with Gasteiger partial charge in [-0.15, -0.1) is 0 Å². The Hall–Kier alpha value is -1.53. The highest BCUT2D eigenvalue weighted by atomic mass is 35.5. The van der Waals surface area contributed by atoms with E-state index >= 15 is 0 Å². The van der Waals surface area contributed by atoms with Crippen molar-refractivity contribution in [2.24, 2.45) is 0 Å². The van der Waals surface area contributed by atoms with Crippen molar-refractivity contribution in [1.82, 2.24) is 15.0 Å². The van der Waals surface area contributed by atoms with Crippen LogP contribution in [0, 0.1) is 0 Å². The summed E-state index contributed by atoms with van der Waals surface area (Å²) >= 11 is 7.32. The number of nitrogen functional groups attached to an aromatic ring is 1. The van der Waals surface area contributed by atoms with E-state index in [1.807, 2.05) is 38.4 Å². The summed E-state index contributed by atoms with van der Waals surface area (Å²) in [5.41, 5.74) is 5.65. The SMILES string of the molecule is CN(C)c1nc(N)nc(Sc2cccc(Cl)c2)n1. The predicted molar refractivity (Wildman–Crippen MR) is 74.1 cm³/mol. The first-order chi connectivity index (χ1) is 8.54. The van der Waals surface area contributed by atoms with Gasteiger partial charge >= 0.3 is 0 Å². The zero-order chi connectivity index (χ0) is 13.1. The molecule has 0 aliphatic heterocycles. The molecule has 1 aromatic heterocycles. The summed E-state index contributed by atoms with van der Waals surface area (Å²) < 4.78 is 0. The molecule has 0 aliphatic rings. The first kappa shape index (κ1) is 12.9. The molecule has 0 amide bonds. The standard InChI is InChI=1S/C11H12ClN5S/c1-17(2)10-14-9(13)15-11(16-10)18-8-5-3-4-7(12)6-8/h3-6H,1-2H3,(H2,13,14,15,16). The largest absolute Gasteiger partial charge is 0.368 e. The van der Waals surface area contributed by atoms with Crippen molar-refractivity contribution in [3.05, 3.63) is 29.3 Å². The second-order valence-corrected chi connectivity index (χ2v) is 5.21. The molecule has 1 aromatic carbocycles. The molecule has 0 radical (unpaired) electrons. The van der Waals surface area contributed by atoms with Crippen LogP contribution in [0.3, 0.4) is 0 Å². The smallest absolute Gasteiger partial charge is 0.230 e. The summed E-state index contributed by atoms with van der Waals surface area (Å²) in [6.07, 6.45) is 0. The van der Waals surface area contributed by atoms with Crippen molar-refractivity contribution in [2.45, 2.75) is 10.1 Å². The minimum absolute atomic E-state index is 0.207. The number of nitrogens with two attached hydrogens (primary N) is 1. The molecule has 0 bridgehead atoms. The van der Waals surface area contributed by atoms with Gasteiger partial charge in [-0.2, -0.15) is 15.0 Å². The monoisotopic (exact) mass is 281 g/mol. The van der Waals surface area contributed by atoms with E-state index in [0.29, 0.717) is 16.1 Å². The van der Waals surface area contributed by atoms with Crippen molar-refractivity contribution in [2.75, 3.05) is 24.7 Å². The van der Waals surface area contributed by atoms with E-state index < -0.39 is 0 Å². The topological polar surface area (TPSA) is 67.9 Å². The van der Waals surface area contributed by atoms with E-state index in [9.17, 15) is 0 Å². The van der Waals surface area contributed by atoms with Crippen LogP contribution in [0.1, 0.15) is 0 Å². The van der Waals surface area contributed by atoms with Crippen molar-refractivity contribution < 1.29 is 0 Å². The zero-order valence-electron chi connectivity index (χ0n) is 9.96. The van der Waals surface area contributed by atoms with Gasteiger partial charge in [-0.05, 0) is 30.0 Å². The van der Waals surface area contributed by atoms with Gasteiger partial charge in [0.25, 0.3) is 0 Å². The molecular formula is C11H12ClN5S. The third-order valence-electron chi connectivity index (χ3n) is 2.03. The Labute approximate surface area is 114 Å². The van der Waals surface area contributed by atoms with Crippen LogP contribution in [-0.2, 0) is 0 Å². The Morgan fingerprint density at radius 3 is 2.67 bits per heavy atom. The van der Waals surface area contributed by atoms with Gasteiger partial charge < -0.3 is 10.6 Å². The molecule has 0 unspecified atom stereocenters. The summed E-state index contributed by atoms with van der Waals surface area (Å²) in [5, 5.41) is 1.23. The number of rotatable bonds is 3. The van der Waals surface area contributed by atoms with Gasteiger partial charge in [0.15, 0.2) is 5.16 Å². The Morgan fingerprint density at radius 1 is 1.22 bits per heavy atom. The third kappa shape index (κ3) is 3.24. The Kier molecular flexibility index (Phi) is 3.88. The molecular weight excluding hydrogens is 270 g/mol. The van der Waals surface area contributed by atoms with Crippen molar-refractivity contribution >= 4 is 35.3 Å². The molecule has 0 aliphatic carbocycles. The fourth-order valence-electron chi connectivity index (χ4n) is 1.24. The van der Waals surface area contributed by atoms with E-state index in [2.05, 4.69) is 15.0 Å². The fourth-order valence-corrected chi connectivity index (χ4v) is 2.31. The number of hydrogen-bond donors (Lipinski definition) is 1. The van der Waals surface area contributed by atoms with Crippen molar-refractivity contribution in [1.29, 1.82) is 0 Å². The first-order valence-electron chi connectivity index (χ1n) is 5.17. The average Bonchev–Trinajstić information content (AvgIpc) is 2.28. The minimum Gasteiger partial charge on any atom is -0.368 e. The molecule has 1 heterocycles. The molecule has 7 heteroatoms. The molecule has 0 atom stereocenters. The van der Waals surface area contributed by atoms with E-state index in [-0.39, 0.29) is 5.95 Å². The lowest BCUT2D eigenvalue weighted by molar-refractivity contribution is 0.876. The molecule has 2 rings (SSSR count). The Bertz CT molecular complexity index is 561. The summed E-state index contributed by atoms with van der Waals surface area (Å²) in [5.74, 6) is 0.741. The quantitative estimate of drug-likeness (QED) is 0.931. The van der Waals surface area contributed by atoms with Crippen LogP contribution in [0.25, 0.3) is 0 Å². The maximum absolute atomic E-state index is 5.92. The molecule has 5 nitrogen and oxygen atoms in total. The number of anilines is 2. The van der Waals surface area contributed by atoms with Gasteiger partial charge in [-0.1, -0.05) is 17.7 Å². The second kappa shape index (κ2) is 5.41. The number of halogens is 1. The highest BCUT2D eigenvalue weighted by Gasteiger charge is 2.07.